The Balaban J connectivity index is 1.94. The Bertz CT molecular complexity index is 1190. The van der Waals surface area contributed by atoms with Gasteiger partial charge in [-0.2, -0.15) is 0 Å². The van der Waals surface area contributed by atoms with E-state index in [9.17, 15) is 9.59 Å². The lowest BCUT2D eigenvalue weighted by molar-refractivity contribution is -0.141. The second kappa shape index (κ2) is 13.1. The van der Waals surface area contributed by atoms with Crippen molar-refractivity contribution in [2.24, 2.45) is 0 Å². The minimum absolute atomic E-state index is 0.101. The molecule has 1 atom stereocenters. The number of nitrogens with one attached hydrogen (secondary N) is 1. The molecule has 3 aromatic rings. The molecule has 0 unspecified atom stereocenters. The Morgan fingerprint density at radius 2 is 1.54 bits per heavy atom. The zero-order valence-corrected chi connectivity index (χ0v) is 23.6. The SMILES string of the molecule is CCc1ccc(CCC(=O)N(Cc2ccc(Cl)cc2Cl)[C@H](Cc2ccccc2)C(=O)NC(C)(C)C)cc1. The number of hydrogen-bond donors (Lipinski definition) is 1. The van der Waals surface area contributed by atoms with Crippen molar-refractivity contribution in [1.82, 2.24) is 10.2 Å². The summed E-state index contributed by atoms with van der Waals surface area (Å²) < 4.78 is 0. The lowest BCUT2D eigenvalue weighted by atomic mass is 9.99. The Hall–Kier alpha value is -2.82. The smallest absolute Gasteiger partial charge is 0.243 e. The first kappa shape index (κ1) is 28.7. The van der Waals surface area contributed by atoms with Gasteiger partial charge in [-0.3, -0.25) is 9.59 Å². The van der Waals surface area contributed by atoms with Crippen LogP contribution >= 0.6 is 23.2 Å². The number of hydrogen-bond acceptors (Lipinski definition) is 2. The van der Waals surface area contributed by atoms with E-state index < -0.39 is 11.6 Å². The lowest BCUT2D eigenvalue weighted by Gasteiger charge is -2.34. The maximum absolute atomic E-state index is 13.8. The molecule has 2 amide bonds. The molecule has 0 aliphatic heterocycles. The molecule has 4 nitrogen and oxygen atoms in total. The second-order valence-electron chi connectivity index (χ2n) is 10.4. The van der Waals surface area contributed by atoms with Gasteiger partial charge in [0, 0.05) is 35.0 Å². The summed E-state index contributed by atoms with van der Waals surface area (Å²) in [5, 5.41) is 4.07. The number of carbonyl (C=O) groups excluding carboxylic acids is 2. The van der Waals surface area contributed by atoms with E-state index >= 15 is 0 Å². The average molecular weight is 540 g/mol. The fraction of sp³-hybridized carbons (Fsp3) is 0.355. The van der Waals surface area contributed by atoms with Gasteiger partial charge in [0.25, 0.3) is 0 Å². The summed E-state index contributed by atoms with van der Waals surface area (Å²) in [6.45, 7) is 8.14. The molecule has 3 aromatic carbocycles. The van der Waals surface area contributed by atoms with Crippen LogP contribution in [0.5, 0.6) is 0 Å². The molecule has 0 aliphatic carbocycles. The minimum atomic E-state index is -0.705. The number of aryl methyl sites for hydroxylation is 2. The van der Waals surface area contributed by atoms with Crippen molar-refractivity contribution in [2.75, 3.05) is 0 Å². The standard InChI is InChI=1S/C31H36Cl2N2O2/c1-5-22-11-13-23(14-12-22)15-18-29(36)35(21-25-16-17-26(32)20-27(25)33)28(30(37)34-31(2,3)4)19-24-9-7-6-8-10-24/h6-14,16-17,20,28H,5,15,18-19,21H2,1-4H3,(H,34,37)/t28-/m1/s1. The third-order valence-corrected chi connectivity index (χ3v) is 6.77. The highest BCUT2D eigenvalue weighted by molar-refractivity contribution is 6.35. The Morgan fingerprint density at radius 3 is 2.14 bits per heavy atom. The van der Waals surface area contributed by atoms with E-state index in [0.717, 1.165) is 23.1 Å². The zero-order valence-electron chi connectivity index (χ0n) is 22.1. The summed E-state index contributed by atoms with van der Waals surface area (Å²) in [6, 6.07) is 22.6. The molecule has 6 heteroatoms. The van der Waals surface area contributed by atoms with E-state index in [1.54, 1.807) is 17.0 Å². The van der Waals surface area contributed by atoms with Crippen LogP contribution in [0, 0.1) is 0 Å². The molecule has 0 aromatic heterocycles. The van der Waals surface area contributed by atoms with Gasteiger partial charge in [-0.15, -0.1) is 0 Å². The van der Waals surface area contributed by atoms with Gasteiger partial charge >= 0.3 is 0 Å². The molecular weight excluding hydrogens is 503 g/mol. The van der Waals surface area contributed by atoms with Crippen LogP contribution in [-0.2, 0) is 35.4 Å². The number of carbonyl (C=O) groups is 2. The van der Waals surface area contributed by atoms with Crippen molar-refractivity contribution in [3.63, 3.8) is 0 Å². The average Bonchev–Trinajstić information content (AvgIpc) is 2.85. The normalized spacial score (nSPS) is 12.2. The summed E-state index contributed by atoms with van der Waals surface area (Å²) in [5.41, 5.74) is 3.63. The first-order chi connectivity index (χ1) is 17.6. The summed E-state index contributed by atoms with van der Waals surface area (Å²) in [4.78, 5) is 29.1. The fourth-order valence-electron chi connectivity index (χ4n) is 4.18. The van der Waals surface area contributed by atoms with Gasteiger partial charge in [0.05, 0.1) is 0 Å². The monoisotopic (exact) mass is 538 g/mol. The maximum atomic E-state index is 13.8. The Morgan fingerprint density at radius 1 is 0.892 bits per heavy atom. The van der Waals surface area contributed by atoms with Gasteiger partial charge in [0.15, 0.2) is 0 Å². The maximum Gasteiger partial charge on any atom is 0.243 e. The largest absolute Gasteiger partial charge is 0.350 e. The van der Waals surface area contributed by atoms with Crippen LogP contribution in [0.1, 0.15) is 56.4 Å². The molecular formula is C31H36Cl2N2O2. The van der Waals surface area contributed by atoms with Crippen LogP contribution in [0.2, 0.25) is 10.0 Å². The summed E-state index contributed by atoms with van der Waals surface area (Å²) >= 11 is 12.6. The molecule has 3 rings (SSSR count). The van der Waals surface area contributed by atoms with E-state index in [-0.39, 0.29) is 24.8 Å². The number of rotatable bonds is 10. The number of benzene rings is 3. The first-order valence-corrected chi connectivity index (χ1v) is 13.5. The summed E-state index contributed by atoms with van der Waals surface area (Å²) in [5.74, 6) is -0.294. The molecule has 0 heterocycles. The Kier molecular flexibility index (Phi) is 10.2. The predicted molar refractivity (Wildman–Crippen MR) is 153 cm³/mol. The second-order valence-corrected chi connectivity index (χ2v) is 11.2. The van der Waals surface area contributed by atoms with E-state index in [2.05, 4.69) is 36.5 Å². The van der Waals surface area contributed by atoms with Gasteiger partial charge in [-0.25, -0.2) is 0 Å². The van der Waals surface area contributed by atoms with Crippen molar-refractivity contribution < 1.29 is 9.59 Å². The quantitative estimate of drug-likeness (QED) is 0.300. The van der Waals surface area contributed by atoms with Gasteiger partial charge in [-0.1, -0.05) is 90.8 Å². The summed E-state index contributed by atoms with van der Waals surface area (Å²) in [6.07, 6.45) is 2.24. The van der Waals surface area contributed by atoms with E-state index in [0.29, 0.717) is 22.9 Å². The molecule has 1 N–H and O–H groups in total. The lowest BCUT2D eigenvalue weighted by Crippen LogP contribution is -2.54. The molecule has 0 saturated carbocycles. The van der Waals surface area contributed by atoms with Crippen LogP contribution < -0.4 is 5.32 Å². The van der Waals surface area contributed by atoms with Crippen molar-refractivity contribution in [3.8, 4) is 0 Å². The van der Waals surface area contributed by atoms with Gasteiger partial charge < -0.3 is 10.2 Å². The van der Waals surface area contributed by atoms with E-state index in [1.165, 1.54) is 5.56 Å². The Labute approximate surface area is 231 Å². The predicted octanol–water partition coefficient (Wildman–Crippen LogP) is 7.04. The number of amides is 2. The third-order valence-electron chi connectivity index (χ3n) is 6.18. The molecule has 0 bridgehead atoms. The van der Waals surface area contributed by atoms with E-state index in [1.807, 2.05) is 57.2 Å². The molecule has 0 spiro atoms. The zero-order chi connectivity index (χ0) is 27.0. The van der Waals surface area contributed by atoms with Crippen LogP contribution in [-0.4, -0.2) is 28.3 Å². The molecule has 0 radical (unpaired) electrons. The molecule has 0 saturated heterocycles. The molecule has 196 valence electrons. The third kappa shape index (κ3) is 8.91. The van der Waals surface area contributed by atoms with Gasteiger partial charge in [0.1, 0.15) is 6.04 Å². The van der Waals surface area contributed by atoms with Gasteiger partial charge in [0.2, 0.25) is 11.8 Å². The topological polar surface area (TPSA) is 49.4 Å². The summed E-state index contributed by atoms with van der Waals surface area (Å²) in [7, 11) is 0. The van der Waals surface area contributed by atoms with Crippen LogP contribution in [0.3, 0.4) is 0 Å². The molecule has 0 aliphatic rings. The van der Waals surface area contributed by atoms with Crippen LogP contribution in [0.15, 0.2) is 72.8 Å². The number of nitrogens with zero attached hydrogens (tertiary/aromatic N) is 1. The highest BCUT2D eigenvalue weighted by Gasteiger charge is 2.32. The van der Waals surface area contributed by atoms with Crippen molar-refractivity contribution >= 4 is 35.0 Å². The van der Waals surface area contributed by atoms with Crippen LogP contribution in [0.4, 0.5) is 0 Å². The highest BCUT2D eigenvalue weighted by Crippen LogP contribution is 2.25. The van der Waals surface area contributed by atoms with Crippen molar-refractivity contribution in [1.29, 1.82) is 0 Å². The van der Waals surface area contributed by atoms with Crippen molar-refractivity contribution in [3.05, 3.63) is 105 Å². The minimum Gasteiger partial charge on any atom is -0.350 e. The van der Waals surface area contributed by atoms with Gasteiger partial charge in [-0.05, 0) is 68.0 Å². The molecule has 0 fully saturated rings. The fourth-order valence-corrected chi connectivity index (χ4v) is 4.65. The molecule has 37 heavy (non-hydrogen) atoms. The van der Waals surface area contributed by atoms with E-state index in [4.69, 9.17) is 23.2 Å². The number of halogens is 2. The van der Waals surface area contributed by atoms with Crippen molar-refractivity contribution in [2.45, 2.75) is 71.5 Å². The first-order valence-electron chi connectivity index (χ1n) is 12.7. The van der Waals surface area contributed by atoms with Crippen LogP contribution in [0.25, 0.3) is 0 Å². The highest BCUT2D eigenvalue weighted by atomic mass is 35.5.